The Bertz CT molecular complexity index is 559. The van der Waals surface area contributed by atoms with Crippen LogP contribution in [0.4, 0.5) is 11.4 Å². The third kappa shape index (κ3) is 3.36. The van der Waals surface area contributed by atoms with Gasteiger partial charge in [0.25, 0.3) is 5.69 Å². The molecule has 0 bridgehead atoms. The molecule has 7 heteroatoms. The van der Waals surface area contributed by atoms with Gasteiger partial charge in [-0.05, 0) is 40.2 Å². The van der Waals surface area contributed by atoms with Crippen molar-refractivity contribution in [2.45, 2.75) is 45.7 Å². The highest BCUT2D eigenvalue weighted by molar-refractivity contribution is 5.95. The zero-order chi connectivity index (χ0) is 15.6. The molecule has 0 aliphatic carbocycles. The summed E-state index contributed by atoms with van der Waals surface area (Å²) in [6.07, 6.45) is 3.25. The fraction of sp³-hybridized carbons (Fsp3) is 0.571. The van der Waals surface area contributed by atoms with Crippen LogP contribution in [0.2, 0.25) is 0 Å². The van der Waals surface area contributed by atoms with Crippen LogP contribution in [0.5, 0.6) is 0 Å². The average molecular weight is 292 g/mol. The summed E-state index contributed by atoms with van der Waals surface area (Å²) in [7, 11) is 0. The second kappa shape index (κ2) is 6.17. The van der Waals surface area contributed by atoms with Gasteiger partial charge in [-0.2, -0.15) is 0 Å². The summed E-state index contributed by atoms with van der Waals surface area (Å²) >= 11 is 0. The Labute approximate surface area is 123 Å². The minimum atomic E-state index is -0.492. The number of aromatic nitrogens is 1. The number of hydrogen-bond acceptors (Lipinski definition) is 5. The number of aryl methyl sites for hydroxylation is 1. The fourth-order valence-electron chi connectivity index (χ4n) is 2.69. The third-order valence-electron chi connectivity index (χ3n) is 3.78. The molecule has 0 spiro atoms. The topological polar surface area (TPSA) is 88.4 Å². The van der Waals surface area contributed by atoms with Crippen molar-refractivity contribution in [3.05, 3.63) is 28.1 Å². The highest BCUT2D eigenvalue weighted by Crippen LogP contribution is 2.23. The minimum absolute atomic E-state index is 0.0834. The molecule has 1 aliphatic heterocycles. The lowest BCUT2D eigenvalue weighted by Crippen LogP contribution is -2.43. The molecule has 1 atom stereocenters. The monoisotopic (exact) mass is 292 g/mol. The van der Waals surface area contributed by atoms with Crippen molar-refractivity contribution >= 4 is 17.3 Å². The number of rotatable bonds is 4. The van der Waals surface area contributed by atoms with Crippen molar-refractivity contribution in [3.63, 3.8) is 0 Å². The van der Waals surface area contributed by atoms with Gasteiger partial charge in [-0.15, -0.1) is 0 Å². The van der Waals surface area contributed by atoms with E-state index in [-0.39, 0.29) is 17.6 Å². The number of anilines is 1. The fourth-order valence-corrected chi connectivity index (χ4v) is 2.69. The number of amides is 1. The van der Waals surface area contributed by atoms with E-state index < -0.39 is 4.92 Å². The highest BCUT2D eigenvalue weighted by Gasteiger charge is 2.32. The molecule has 1 saturated heterocycles. The van der Waals surface area contributed by atoms with E-state index in [2.05, 4.69) is 29.0 Å². The van der Waals surface area contributed by atoms with E-state index in [4.69, 9.17) is 0 Å². The van der Waals surface area contributed by atoms with Crippen molar-refractivity contribution in [2.24, 2.45) is 0 Å². The normalized spacial score (nSPS) is 19.0. The van der Waals surface area contributed by atoms with E-state index in [1.165, 1.54) is 12.3 Å². The van der Waals surface area contributed by atoms with Crippen LogP contribution in [-0.2, 0) is 4.79 Å². The zero-order valence-corrected chi connectivity index (χ0v) is 12.5. The van der Waals surface area contributed by atoms with Gasteiger partial charge >= 0.3 is 0 Å². The number of carbonyl (C=O) groups excluding carboxylic acids is 1. The molecular formula is C14H20N4O3. The van der Waals surface area contributed by atoms with Crippen molar-refractivity contribution in [2.75, 3.05) is 11.9 Å². The van der Waals surface area contributed by atoms with Gasteiger partial charge in [0, 0.05) is 12.1 Å². The molecule has 1 fully saturated rings. The molecule has 0 radical (unpaired) electrons. The van der Waals surface area contributed by atoms with Crippen LogP contribution in [-0.4, -0.2) is 39.3 Å². The van der Waals surface area contributed by atoms with Crippen LogP contribution in [0.25, 0.3) is 0 Å². The summed E-state index contributed by atoms with van der Waals surface area (Å²) < 4.78 is 0. The van der Waals surface area contributed by atoms with Gasteiger partial charge in [-0.3, -0.25) is 24.8 Å². The Morgan fingerprint density at radius 3 is 2.90 bits per heavy atom. The number of nitrogens with zero attached hydrogens (tertiary/aromatic N) is 3. The Balaban J connectivity index is 2.13. The number of nitro groups is 1. The Kier molecular flexibility index (Phi) is 4.52. The molecule has 7 nitrogen and oxygen atoms in total. The maximum absolute atomic E-state index is 12.3. The Morgan fingerprint density at radius 2 is 2.29 bits per heavy atom. The molecular weight excluding hydrogens is 272 g/mol. The number of pyridine rings is 1. The first-order valence-electron chi connectivity index (χ1n) is 7.07. The van der Waals surface area contributed by atoms with E-state index in [0.29, 0.717) is 17.4 Å². The van der Waals surface area contributed by atoms with Gasteiger partial charge in [-0.1, -0.05) is 0 Å². The SMILES string of the molecule is Cc1ncc(NC(=O)[C@H]2CCCN2C(C)C)cc1[N+](=O)[O-]. The summed E-state index contributed by atoms with van der Waals surface area (Å²) in [5.41, 5.74) is 0.621. The molecule has 21 heavy (non-hydrogen) atoms. The summed E-state index contributed by atoms with van der Waals surface area (Å²) in [4.78, 5) is 28.9. The molecule has 1 aromatic rings. The third-order valence-corrected chi connectivity index (χ3v) is 3.78. The standard InChI is InChI=1S/C14H20N4O3/c1-9(2)17-6-4-5-12(17)14(19)16-11-7-13(18(20)21)10(3)15-8-11/h7-9,12H,4-6H2,1-3H3,(H,16,19)/t12-/m1/s1. The molecule has 1 aliphatic rings. The van der Waals surface area contributed by atoms with E-state index in [1.807, 2.05) is 0 Å². The average Bonchev–Trinajstić information content (AvgIpc) is 2.90. The number of carbonyl (C=O) groups is 1. The number of hydrogen-bond donors (Lipinski definition) is 1. The number of likely N-dealkylation sites (tertiary alicyclic amines) is 1. The van der Waals surface area contributed by atoms with Gasteiger partial charge in [0.1, 0.15) is 5.69 Å². The summed E-state index contributed by atoms with van der Waals surface area (Å²) in [6, 6.07) is 1.48. The van der Waals surface area contributed by atoms with E-state index in [9.17, 15) is 14.9 Å². The molecule has 2 rings (SSSR count). The van der Waals surface area contributed by atoms with Crippen LogP contribution < -0.4 is 5.32 Å². The summed E-state index contributed by atoms with van der Waals surface area (Å²) in [5, 5.41) is 13.6. The van der Waals surface area contributed by atoms with E-state index in [0.717, 1.165) is 19.4 Å². The van der Waals surface area contributed by atoms with Gasteiger partial charge < -0.3 is 5.32 Å². The second-order valence-electron chi connectivity index (χ2n) is 5.56. The molecule has 1 amide bonds. The summed E-state index contributed by atoms with van der Waals surface area (Å²) in [6.45, 7) is 6.59. The van der Waals surface area contributed by atoms with Crippen molar-refractivity contribution in [1.82, 2.24) is 9.88 Å². The van der Waals surface area contributed by atoms with Gasteiger partial charge in [0.15, 0.2) is 0 Å². The maximum Gasteiger partial charge on any atom is 0.292 e. The van der Waals surface area contributed by atoms with Crippen LogP contribution >= 0.6 is 0 Å². The van der Waals surface area contributed by atoms with Gasteiger partial charge in [-0.25, -0.2) is 0 Å². The lowest BCUT2D eigenvalue weighted by Gasteiger charge is -2.27. The molecule has 2 heterocycles. The largest absolute Gasteiger partial charge is 0.323 e. The van der Waals surface area contributed by atoms with Gasteiger partial charge in [0.05, 0.1) is 22.8 Å². The highest BCUT2D eigenvalue weighted by atomic mass is 16.6. The Hall–Kier alpha value is -2.02. The predicted octanol–water partition coefficient (Wildman–Crippen LogP) is 2.11. The van der Waals surface area contributed by atoms with Crippen molar-refractivity contribution < 1.29 is 9.72 Å². The smallest absolute Gasteiger partial charge is 0.292 e. The molecule has 1 aromatic heterocycles. The van der Waals surface area contributed by atoms with Crippen LogP contribution in [0.1, 0.15) is 32.4 Å². The van der Waals surface area contributed by atoms with E-state index >= 15 is 0 Å². The maximum atomic E-state index is 12.3. The van der Waals surface area contributed by atoms with Crippen molar-refractivity contribution in [1.29, 1.82) is 0 Å². The predicted molar refractivity (Wildman–Crippen MR) is 79.1 cm³/mol. The molecule has 0 unspecified atom stereocenters. The zero-order valence-electron chi connectivity index (χ0n) is 12.5. The van der Waals surface area contributed by atoms with Crippen LogP contribution in [0, 0.1) is 17.0 Å². The van der Waals surface area contributed by atoms with Crippen LogP contribution in [0.3, 0.4) is 0 Å². The lowest BCUT2D eigenvalue weighted by atomic mass is 10.2. The first-order chi connectivity index (χ1) is 9.90. The van der Waals surface area contributed by atoms with Crippen molar-refractivity contribution in [3.8, 4) is 0 Å². The quantitative estimate of drug-likeness (QED) is 0.678. The Morgan fingerprint density at radius 1 is 1.57 bits per heavy atom. The molecule has 0 saturated carbocycles. The summed E-state index contributed by atoms with van der Waals surface area (Å²) in [5.74, 6) is -0.124. The minimum Gasteiger partial charge on any atom is -0.323 e. The van der Waals surface area contributed by atoms with E-state index in [1.54, 1.807) is 6.92 Å². The second-order valence-corrected chi connectivity index (χ2v) is 5.56. The number of nitrogens with one attached hydrogen (secondary N) is 1. The molecule has 114 valence electrons. The lowest BCUT2D eigenvalue weighted by molar-refractivity contribution is -0.385. The molecule has 0 aromatic carbocycles. The molecule has 1 N–H and O–H groups in total. The van der Waals surface area contributed by atoms with Gasteiger partial charge in [0.2, 0.25) is 5.91 Å². The first kappa shape index (κ1) is 15.4. The first-order valence-corrected chi connectivity index (χ1v) is 7.07. The van der Waals surface area contributed by atoms with Crippen LogP contribution in [0.15, 0.2) is 12.3 Å².